The van der Waals surface area contributed by atoms with Gasteiger partial charge in [-0.05, 0) is 39.0 Å². The van der Waals surface area contributed by atoms with Crippen LogP contribution in [0, 0.1) is 6.92 Å². The quantitative estimate of drug-likeness (QED) is 0.790. The van der Waals surface area contributed by atoms with Gasteiger partial charge in [0.05, 0.1) is 0 Å². The number of aromatic nitrogens is 2. The van der Waals surface area contributed by atoms with Crippen molar-refractivity contribution in [2.24, 2.45) is 0 Å². The van der Waals surface area contributed by atoms with Gasteiger partial charge in [0.15, 0.2) is 0 Å². The maximum atomic E-state index is 4.40. The molecule has 0 saturated carbocycles. The van der Waals surface area contributed by atoms with Crippen LogP contribution >= 0.6 is 0 Å². The zero-order valence-corrected chi connectivity index (χ0v) is 10.8. The molecule has 3 heteroatoms. The Kier molecular flexibility index (Phi) is 4.13. The molecule has 2 rings (SSSR count). The zero-order chi connectivity index (χ0) is 12.1. The van der Waals surface area contributed by atoms with Crippen LogP contribution in [0.15, 0.2) is 17.7 Å². The highest BCUT2D eigenvalue weighted by Gasteiger charge is 2.04. The van der Waals surface area contributed by atoms with Crippen LogP contribution in [0.3, 0.4) is 0 Å². The summed E-state index contributed by atoms with van der Waals surface area (Å²) >= 11 is 0. The summed E-state index contributed by atoms with van der Waals surface area (Å²) in [5.74, 6) is 1.82. The lowest BCUT2D eigenvalue weighted by Gasteiger charge is -2.08. The minimum Gasteiger partial charge on any atom is -0.370 e. The number of hydrogen-bond donors (Lipinski definition) is 1. The van der Waals surface area contributed by atoms with Crippen molar-refractivity contribution in [2.45, 2.75) is 46.0 Å². The standard InChI is InChI=1S/C14H21N3/c1-3-13-10-14(17-11(2)16-13)15-9-8-12-6-4-5-7-12/h6,10H,3-5,7-9H2,1-2H3,(H,15,16,17). The monoisotopic (exact) mass is 231 g/mol. The highest BCUT2D eigenvalue weighted by Crippen LogP contribution is 2.20. The normalized spacial score (nSPS) is 14.8. The fourth-order valence-electron chi connectivity index (χ4n) is 2.22. The van der Waals surface area contributed by atoms with Crippen molar-refractivity contribution >= 4 is 5.82 Å². The Labute approximate surface area is 103 Å². The van der Waals surface area contributed by atoms with E-state index in [1.165, 1.54) is 19.3 Å². The maximum absolute atomic E-state index is 4.40. The highest BCUT2D eigenvalue weighted by molar-refractivity contribution is 5.36. The molecule has 0 saturated heterocycles. The lowest BCUT2D eigenvalue weighted by atomic mass is 10.2. The third kappa shape index (κ3) is 3.55. The molecule has 1 aliphatic rings. The Morgan fingerprint density at radius 3 is 2.94 bits per heavy atom. The number of nitrogens with zero attached hydrogens (tertiary/aromatic N) is 2. The molecule has 0 bridgehead atoms. The second-order valence-corrected chi connectivity index (χ2v) is 4.58. The molecule has 0 radical (unpaired) electrons. The summed E-state index contributed by atoms with van der Waals surface area (Å²) in [6.07, 6.45) is 8.37. The number of hydrogen-bond acceptors (Lipinski definition) is 3. The second-order valence-electron chi connectivity index (χ2n) is 4.58. The minimum absolute atomic E-state index is 0.854. The molecular weight excluding hydrogens is 210 g/mol. The van der Waals surface area contributed by atoms with Gasteiger partial charge in [-0.3, -0.25) is 0 Å². The zero-order valence-electron chi connectivity index (χ0n) is 10.8. The Bertz CT molecular complexity index is 410. The Morgan fingerprint density at radius 2 is 2.24 bits per heavy atom. The smallest absolute Gasteiger partial charge is 0.129 e. The Hall–Kier alpha value is -1.38. The van der Waals surface area contributed by atoms with E-state index in [2.05, 4.69) is 34.4 Å². The van der Waals surface area contributed by atoms with Gasteiger partial charge in [-0.2, -0.15) is 0 Å². The first-order valence-corrected chi connectivity index (χ1v) is 6.54. The summed E-state index contributed by atoms with van der Waals surface area (Å²) in [6.45, 7) is 5.05. The van der Waals surface area contributed by atoms with Crippen molar-refractivity contribution < 1.29 is 0 Å². The molecule has 3 nitrogen and oxygen atoms in total. The minimum atomic E-state index is 0.854. The molecule has 0 aromatic carbocycles. The first kappa shape index (κ1) is 12.1. The van der Waals surface area contributed by atoms with E-state index < -0.39 is 0 Å². The SMILES string of the molecule is CCc1cc(NCCC2=CCCC2)nc(C)n1. The number of rotatable bonds is 5. The van der Waals surface area contributed by atoms with Gasteiger partial charge < -0.3 is 5.32 Å². The number of nitrogens with one attached hydrogen (secondary N) is 1. The third-order valence-corrected chi connectivity index (χ3v) is 3.14. The summed E-state index contributed by atoms with van der Waals surface area (Å²) in [4.78, 5) is 8.78. The van der Waals surface area contributed by atoms with E-state index in [-0.39, 0.29) is 0 Å². The van der Waals surface area contributed by atoms with Gasteiger partial charge in [0, 0.05) is 18.3 Å². The van der Waals surface area contributed by atoms with Crippen LogP contribution < -0.4 is 5.32 Å². The summed E-state index contributed by atoms with van der Waals surface area (Å²) in [7, 11) is 0. The van der Waals surface area contributed by atoms with Crippen LogP contribution in [-0.2, 0) is 6.42 Å². The van der Waals surface area contributed by atoms with Gasteiger partial charge >= 0.3 is 0 Å². The van der Waals surface area contributed by atoms with Crippen LogP contribution in [0.5, 0.6) is 0 Å². The third-order valence-electron chi connectivity index (χ3n) is 3.14. The van der Waals surface area contributed by atoms with Crippen molar-refractivity contribution in [1.82, 2.24) is 9.97 Å². The molecule has 0 unspecified atom stereocenters. The van der Waals surface area contributed by atoms with E-state index >= 15 is 0 Å². The van der Waals surface area contributed by atoms with Gasteiger partial charge in [0.2, 0.25) is 0 Å². The molecule has 92 valence electrons. The molecule has 1 aromatic rings. The van der Waals surface area contributed by atoms with E-state index in [9.17, 15) is 0 Å². The lowest BCUT2D eigenvalue weighted by Crippen LogP contribution is -2.06. The van der Waals surface area contributed by atoms with E-state index in [0.717, 1.165) is 36.7 Å². The van der Waals surface area contributed by atoms with Crippen molar-refractivity contribution in [3.8, 4) is 0 Å². The van der Waals surface area contributed by atoms with Gasteiger partial charge in [-0.1, -0.05) is 18.6 Å². The van der Waals surface area contributed by atoms with Crippen molar-refractivity contribution in [3.63, 3.8) is 0 Å². The summed E-state index contributed by atoms with van der Waals surface area (Å²) < 4.78 is 0. The average Bonchev–Trinajstić information content (AvgIpc) is 2.81. The van der Waals surface area contributed by atoms with Crippen LogP contribution in [0.2, 0.25) is 0 Å². The molecule has 0 amide bonds. The molecule has 0 fully saturated rings. The lowest BCUT2D eigenvalue weighted by molar-refractivity contribution is 0.859. The van der Waals surface area contributed by atoms with Gasteiger partial charge in [-0.15, -0.1) is 0 Å². The summed E-state index contributed by atoms with van der Waals surface area (Å²) in [6, 6.07) is 2.05. The van der Waals surface area contributed by atoms with Crippen LogP contribution in [-0.4, -0.2) is 16.5 Å². The van der Waals surface area contributed by atoms with E-state index in [1.807, 2.05) is 6.92 Å². The van der Waals surface area contributed by atoms with Crippen molar-refractivity contribution in [2.75, 3.05) is 11.9 Å². The van der Waals surface area contributed by atoms with E-state index in [1.54, 1.807) is 5.57 Å². The van der Waals surface area contributed by atoms with Gasteiger partial charge in [0.1, 0.15) is 11.6 Å². The van der Waals surface area contributed by atoms with E-state index in [4.69, 9.17) is 0 Å². The predicted molar refractivity (Wildman–Crippen MR) is 71.2 cm³/mol. The number of anilines is 1. The fourth-order valence-corrected chi connectivity index (χ4v) is 2.22. The number of allylic oxidation sites excluding steroid dienone is 1. The Balaban J connectivity index is 1.87. The Morgan fingerprint density at radius 1 is 1.35 bits per heavy atom. The maximum Gasteiger partial charge on any atom is 0.129 e. The van der Waals surface area contributed by atoms with Gasteiger partial charge in [-0.25, -0.2) is 9.97 Å². The first-order chi connectivity index (χ1) is 8.28. The van der Waals surface area contributed by atoms with Gasteiger partial charge in [0.25, 0.3) is 0 Å². The average molecular weight is 231 g/mol. The topological polar surface area (TPSA) is 37.8 Å². The largest absolute Gasteiger partial charge is 0.370 e. The highest BCUT2D eigenvalue weighted by atomic mass is 15.0. The first-order valence-electron chi connectivity index (χ1n) is 6.54. The molecule has 0 aliphatic heterocycles. The van der Waals surface area contributed by atoms with Crippen molar-refractivity contribution in [3.05, 3.63) is 29.2 Å². The molecule has 0 atom stereocenters. The van der Waals surface area contributed by atoms with Crippen molar-refractivity contribution in [1.29, 1.82) is 0 Å². The molecule has 1 heterocycles. The fraction of sp³-hybridized carbons (Fsp3) is 0.571. The van der Waals surface area contributed by atoms with Crippen LogP contribution in [0.4, 0.5) is 5.82 Å². The molecule has 1 aromatic heterocycles. The molecular formula is C14H21N3. The summed E-state index contributed by atoms with van der Waals surface area (Å²) in [5, 5.41) is 3.40. The molecule has 17 heavy (non-hydrogen) atoms. The van der Waals surface area contributed by atoms with Crippen LogP contribution in [0.25, 0.3) is 0 Å². The predicted octanol–water partition coefficient (Wildman–Crippen LogP) is 3.26. The number of aryl methyl sites for hydroxylation is 2. The van der Waals surface area contributed by atoms with E-state index in [0.29, 0.717) is 0 Å². The van der Waals surface area contributed by atoms with Crippen LogP contribution in [0.1, 0.15) is 44.1 Å². The molecule has 0 spiro atoms. The molecule has 1 aliphatic carbocycles. The summed E-state index contributed by atoms with van der Waals surface area (Å²) in [5.41, 5.74) is 2.71. The molecule has 1 N–H and O–H groups in total. The second kappa shape index (κ2) is 5.80.